The van der Waals surface area contributed by atoms with Crippen molar-refractivity contribution in [1.29, 1.82) is 0 Å². The van der Waals surface area contributed by atoms with Crippen molar-refractivity contribution in [2.45, 2.75) is 6.92 Å². The first kappa shape index (κ1) is 20.7. The highest BCUT2D eigenvalue weighted by atomic mass is 79.9. The fraction of sp³-hybridized carbons (Fsp3) is 0.0435. The standard InChI is InChI=1S/C23H13BrCl2O4/c1-12-19(30-23(28)14-4-2-3-5-16(14)24)9-7-15-21(27)20(29-22(12)15)11-13-6-8-17(25)18(26)10-13/h2-11H,1H3/b20-11-. The van der Waals surface area contributed by atoms with Crippen LogP contribution in [0.3, 0.4) is 0 Å². The van der Waals surface area contributed by atoms with Gasteiger partial charge in [0.05, 0.1) is 21.2 Å². The van der Waals surface area contributed by atoms with Crippen molar-refractivity contribution >= 4 is 57.0 Å². The van der Waals surface area contributed by atoms with Crippen LogP contribution in [0.2, 0.25) is 10.0 Å². The minimum Gasteiger partial charge on any atom is -0.452 e. The van der Waals surface area contributed by atoms with E-state index in [1.165, 1.54) is 0 Å². The van der Waals surface area contributed by atoms with Gasteiger partial charge in [-0.1, -0.05) is 41.4 Å². The number of fused-ring (bicyclic) bond motifs is 1. The predicted molar refractivity (Wildman–Crippen MR) is 120 cm³/mol. The summed E-state index contributed by atoms with van der Waals surface area (Å²) in [5, 5.41) is 0.805. The number of esters is 1. The summed E-state index contributed by atoms with van der Waals surface area (Å²) in [7, 11) is 0. The van der Waals surface area contributed by atoms with E-state index in [4.69, 9.17) is 32.7 Å². The second kappa shape index (κ2) is 8.26. The average Bonchev–Trinajstić information content (AvgIpc) is 3.03. The number of carbonyl (C=O) groups is 2. The van der Waals surface area contributed by atoms with E-state index < -0.39 is 5.97 Å². The molecule has 0 radical (unpaired) electrons. The predicted octanol–water partition coefficient (Wildman–Crippen LogP) is 6.90. The van der Waals surface area contributed by atoms with Crippen molar-refractivity contribution in [3.8, 4) is 11.5 Å². The summed E-state index contributed by atoms with van der Waals surface area (Å²) < 4.78 is 12.0. The first-order chi connectivity index (χ1) is 14.3. The highest BCUT2D eigenvalue weighted by molar-refractivity contribution is 9.10. The van der Waals surface area contributed by atoms with Crippen molar-refractivity contribution in [3.63, 3.8) is 0 Å². The van der Waals surface area contributed by atoms with E-state index in [0.29, 0.717) is 48.3 Å². The largest absolute Gasteiger partial charge is 0.452 e. The van der Waals surface area contributed by atoms with Gasteiger partial charge in [-0.15, -0.1) is 0 Å². The van der Waals surface area contributed by atoms with E-state index in [9.17, 15) is 9.59 Å². The van der Waals surface area contributed by atoms with E-state index in [0.717, 1.165) is 0 Å². The molecular weight excluding hydrogens is 491 g/mol. The lowest BCUT2D eigenvalue weighted by molar-refractivity contribution is 0.0732. The molecule has 0 atom stereocenters. The van der Waals surface area contributed by atoms with Gasteiger partial charge in [0.15, 0.2) is 5.76 Å². The normalized spacial score (nSPS) is 13.9. The molecule has 0 aromatic heterocycles. The fourth-order valence-corrected chi connectivity index (χ4v) is 3.77. The maximum atomic E-state index is 12.7. The Morgan fingerprint density at radius 3 is 2.57 bits per heavy atom. The van der Waals surface area contributed by atoms with Crippen molar-refractivity contribution in [1.82, 2.24) is 0 Å². The fourth-order valence-electron chi connectivity index (χ4n) is 3.01. The van der Waals surface area contributed by atoms with Gasteiger partial charge in [-0.05, 0) is 70.9 Å². The molecule has 1 heterocycles. The number of carbonyl (C=O) groups excluding carboxylic acids is 2. The second-order valence-electron chi connectivity index (χ2n) is 6.55. The van der Waals surface area contributed by atoms with Gasteiger partial charge in [-0.25, -0.2) is 4.79 Å². The summed E-state index contributed by atoms with van der Waals surface area (Å²) in [6, 6.07) is 15.2. The van der Waals surface area contributed by atoms with E-state index in [1.807, 2.05) is 6.07 Å². The van der Waals surface area contributed by atoms with Gasteiger partial charge in [0, 0.05) is 10.0 Å². The molecule has 0 saturated heterocycles. The van der Waals surface area contributed by atoms with Crippen LogP contribution in [0.4, 0.5) is 0 Å². The van der Waals surface area contributed by atoms with Crippen LogP contribution in [0.1, 0.15) is 31.8 Å². The molecule has 0 N–H and O–H groups in total. The molecule has 4 nitrogen and oxygen atoms in total. The number of Topliss-reactive ketones (excluding diaryl/α,β-unsaturated/α-hetero) is 1. The highest BCUT2D eigenvalue weighted by Gasteiger charge is 2.30. The van der Waals surface area contributed by atoms with Crippen LogP contribution in [0, 0.1) is 6.92 Å². The average molecular weight is 504 g/mol. The monoisotopic (exact) mass is 502 g/mol. The molecule has 0 saturated carbocycles. The molecule has 0 aliphatic carbocycles. The van der Waals surface area contributed by atoms with E-state index in [2.05, 4.69) is 15.9 Å². The lowest BCUT2D eigenvalue weighted by Gasteiger charge is -2.10. The molecule has 0 unspecified atom stereocenters. The maximum Gasteiger partial charge on any atom is 0.344 e. The zero-order chi connectivity index (χ0) is 21.4. The number of ketones is 1. The van der Waals surface area contributed by atoms with Gasteiger partial charge in [0.25, 0.3) is 0 Å². The van der Waals surface area contributed by atoms with Gasteiger partial charge in [-0.3, -0.25) is 4.79 Å². The lowest BCUT2D eigenvalue weighted by atomic mass is 10.1. The molecule has 150 valence electrons. The molecule has 3 aromatic carbocycles. The summed E-state index contributed by atoms with van der Waals surface area (Å²) in [6.45, 7) is 1.73. The number of allylic oxidation sites excluding steroid dienone is 1. The Balaban J connectivity index is 1.63. The molecule has 3 aromatic rings. The van der Waals surface area contributed by atoms with Crippen LogP contribution in [0.5, 0.6) is 11.5 Å². The summed E-state index contributed by atoms with van der Waals surface area (Å²) in [5.74, 6) is 0.0619. The smallest absolute Gasteiger partial charge is 0.344 e. The number of ether oxygens (including phenoxy) is 2. The topological polar surface area (TPSA) is 52.6 Å². The highest BCUT2D eigenvalue weighted by Crippen LogP contribution is 2.40. The molecule has 1 aliphatic heterocycles. The zero-order valence-corrected chi connectivity index (χ0v) is 18.6. The Hall–Kier alpha value is -2.60. The van der Waals surface area contributed by atoms with E-state index >= 15 is 0 Å². The molecule has 4 rings (SSSR count). The summed E-state index contributed by atoms with van der Waals surface area (Å²) in [5.41, 5.74) is 2.03. The minimum absolute atomic E-state index is 0.153. The van der Waals surface area contributed by atoms with Crippen molar-refractivity contribution in [2.75, 3.05) is 0 Å². The molecule has 0 spiro atoms. The Kier molecular flexibility index (Phi) is 5.69. The molecule has 0 amide bonds. The van der Waals surface area contributed by atoms with Crippen molar-refractivity contribution in [3.05, 3.63) is 97.1 Å². The van der Waals surface area contributed by atoms with Crippen LogP contribution in [-0.4, -0.2) is 11.8 Å². The Bertz CT molecular complexity index is 1230. The summed E-state index contributed by atoms with van der Waals surface area (Å²) >= 11 is 15.3. The minimum atomic E-state index is -0.513. The Labute approximate surface area is 191 Å². The Morgan fingerprint density at radius 1 is 1.07 bits per heavy atom. The summed E-state index contributed by atoms with van der Waals surface area (Å²) in [4.78, 5) is 25.3. The van der Waals surface area contributed by atoms with Crippen LogP contribution >= 0.6 is 39.1 Å². The van der Waals surface area contributed by atoms with E-state index in [1.54, 1.807) is 61.5 Å². The number of halogens is 3. The lowest BCUT2D eigenvalue weighted by Crippen LogP contribution is -2.10. The van der Waals surface area contributed by atoms with Crippen LogP contribution < -0.4 is 9.47 Å². The SMILES string of the molecule is Cc1c(OC(=O)c2ccccc2Br)ccc2c1O/C(=C\c1ccc(Cl)c(Cl)c1)C2=O. The number of rotatable bonds is 3. The van der Waals surface area contributed by atoms with E-state index in [-0.39, 0.29) is 11.5 Å². The van der Waals surface area contributed by atoms with Crippen LogP contribution in [0.15, 0.2) is 64.8 Å². The van der Waals surface area contributed by atoms with Crippen molar-refractivity contribution in [2.24, 2.45) is 0 Å². The van der Waals surface area contributed by atoms with Gasteiger partial charge in [-0.2, -0.15) is 0 Å². The van der Waals surface area contributed by atoms with Crippen LogP contribution in [0.25, 0.3) is 6.08 Å². The number of hydrogen-bond donors (Lipinski definition) is 0. The molecule has 0 bridgehead atoms. The molecule has 30 heavy (non-hydrogen) atoms. The molecule has 1 aliphatic rings. The zero-order valence-electron chi connectivity index (χ0n) is 15.5. The third kappa shape index (κ3) is 3.88. The first-order valence-electron chi connectivity index (χ1n) is 8.85. The maximum absolute atomic E-state index is 12.7. The number of hydrogen-bond acceptors (Lipinski definition) is 4. The van der Waals surface area contributed by atoms with Crippen molar-refractivity contribution < 1.29 is 19.1 Å². The molecule has 7 heteroatoms. The number of benzene rings is 3. The first-order valence-corrected chi connectivity index (χ1v) is 10.4. The quantitative estimate of drug-likeness (QED) is 0.221. The van der Waals surface area contributed by atoms with Gasteiger partial charge >= 0.3 is 5.97 Å². The van der Waals surface area contributed by atoms with Gasteiger partial charge in [0.2, 0.25) is 5.78 Å². The Morgan fingerprint density at radius 2 is 1.83 bits per heavy atom. The van der Waals surface area contributed by atoms with Gasteiger partial charge < -0.3 is 9.47 Å². The molecular formula is C23H13BrCl2O4. The third-order valence-corrected chi connectivity index (χ3v) is 6.01. The van der Waals surface area contributed by atoms with Gasteiger partial charge in [0.1, 0.15) is 11.5 Å². The third-order valence-electron chi connectivity index (χ3n) is 4.57. The second-order valence-corrected chi connectivity index (χ2v) is 8.22. The molecule has 0 fully saturated rings. The van der Waals surface area contributed by atoms with Crippen LogP contribution in [-0.2, 0) is 0 Å². The summed E-state index contributed by atoms with van der Waals surface area (Å²) in [6.07, 6.45) is 1.59.